The van der Waals surface area contributed by atoms with Crippen LogP contribution >= 0.6 is 11.3 Å². The van der Waals surface area contributed by atoms with Crippen LogP contribution in [-0.2, 0) is 6.54 Å². The highest BCUT2D eigenvalue weighted by Crippen LogP contribution is 2.11. The van der Waals surface area contributed by atoms with Crippen molar-refractivity contribution in [3.8, 4) is 0 Å². The molecular weight excluding hydrogens is 224 g/mol. The lowest BCUT2D eigenvalue weighted by Crippen LogP contribution is -2.02. The standard InChI is InChI=1S/C9H8N6S/c1-2-15-7(3-11-8(15)5-10-1)4-12-9-14-13-6-16-9/h1-3,5-6H,4H2,(H,12,14). The number of nitrogens with one attached hydrogen (secondary N) is 1. The van der Waals surface area contributed by atoms with Crippen molar-refractivity contribution in [1.82, 2.24) is 24.6 Å². The first-order valence-electron chi connectivity index (χ1n) is 4.69. The number of hydrogen-bond acceptors (Lipinski definition) is 6. The van der Waals surface area contributed by atoms with Gasteiger partial charge in [-0.1, -0.05) is 11.3 Å². The molecule has 0 unspecified atom stereocenters. The van der Waals surface area contributed by atoms with E-state index >= 15 is 0 Å². The molecule has 0 aromatic carbocycles. The van der Waals surface area contributed by atoms with Crippen LogP contribution < -0.4 is 5.32 Å². The van der Waals surface area contributed by atoms with Crippen molar-refractivity contribution in [2.75, 3.05) is 5.32 Å². The molecule has 0 saturated carbocycles. The molecule has 0 atom stereocenters. The third-order valence-corrected chi connectivity index (χ3v) is 2.82. The summed E-state index contributed by atoms with van der Waals surface area (Å²) in [6.45, 7) is 0.667. The van der Waals surface area contributed by atoms with Crippen molar-refractivity contribution < 1.29 is 0 Å². The predicted octanol–water partition coefficient (Wildman–Crippen LogP) is 1.19. The molecule has 3 aromatic heterocycles. The SMILES string of the molecule is c1cn2c(CNc3nncs3)cnc2cn1. The summed E-state index contributed by atoms with van der Waals surface area (Å²) in [5.41, 5.74) is 3.60. The normalized spacial score (nSPS) is 10.8. The third-order valence-electron chi connectivity index (χ3n) is 2.17. The molecule has 0 saturated heterocycles. The number of nitrogens with zero attached hydrogens (tertiary/aromatic N) is 5. The molecule has 0 aliphatic heterocycles. The summed E-state index contributed by atoms with van der Waals surface area (Å²) in [7, 11) is 0. The van der Waals surface area contributed by atoms with Gasteiger partial charge in [0.1, 0.15) is 5.51 Å². The largest absolute Gasteiger partial charge is 0.354 e. The summed E-state index contributed by atoms with van der Waals surface area (Å²) in [4.78, 5) is 8.26. The molecule has 16 heavy (non-hydrogen) atoms. The van der Waals surface area contributed by atoms with E-state index in [0.29, 0.717) is 6.54 Å². The number of rotatable bonds is 3. The Morgan fingerprint density at radius 2 is 2.38 bits per heavy atom. The van der Waals surface area contributed by atoms with Gasteiger partial charge in [0.25, 0.3) is 0 Å². The zero-order valence-electron chi connectivity index (χ0n) is 8.24. The second kappa shape index (κ2) is 3.86. The lowest BCUT2D eigenvalue weighted by atomic mass is 10.4. The van der Waals surface area contributed by atoms with Crippen LogP contribution in [0.5, 0.6) is 0 Å². The van der Waals surface area contributed by atoms with E-state index in [1.54, 1.807) is 17.9 Å². The first kappa shape index (κ1) is 9.22. The molecule has 0 aliphatic carbocycles. The Bertz CT molecular complexity index is 587. The van der Waals surface area contributed by atoms with Crippen molar-refractivity contribution >= 4 is 22.1 Å². The zero-order valence-corrected chi connectivity index (χ0v) is 9.05. The van der Waals surface area contributed by atoms with Crippen molar-refractivity contribution in [3.63, 3.8) is 0 Å². The highest BCUT2D eigenvalue weighted by molar-refractivity contribution is 7.13. The summed E-state index contributed by atoms with van der Waals surface area (Å²) in [5.74, 6) is 0. The van der Waals surface area contributed by atoms with E-state index in [4.69, 9.17) is 0 Å². The van der Waals surface area contributed by atoms with Crippen LogP contribution in [0.2, 0.25) is 0 Å². The molecule has 0 fully saturated rings. The first-order valence-corrected chi connectivity index (χ1v) is 5.57. The molecule has 80 valence electrons. The van der Waals surface area contributed by atoms with Gasteiger partial charge in [-0.05, 0) is 0 Å². The smallest absolute Gasteiger partial charge is 0.205 e. The third kappa shape index (κ3) is 1.61. The summed E-state index contributed by atoms with van der Waals surface area (Å²) < 4.78 is 1.99. The Kier molecular flexibility index (Phi) is 2.22. The number of aromatic nitrogens is 5. The van der Waals surface area contributed by atoms with Gasteiger partial charge in [0, 0.05) is 12.4 Å². The quantitative estimate of drug-likeness (QED) is 0.734. The van der Waals surface area contributed by atoms with Gasteiger partial charge in [-0.25, -0.2) is 4.98 Å². The molecule has 7 heteroatoms. The molecule has 3 aromatic rings. The fourth-order valence-corrected chi connectivity index (χ4v) is 1.89. The lowest BCUT2D eigenvalue weighted by molar-refractivity contribution is 0.976. The Morgan fingerprint density at radius 1 is 1.38 bits per heavy atom. The van der Waals surface area contributed by atoms with Crippen LogP contribution in [-0.4, -0.2) is 24.6 Å². The monoisotopic (exact) mass is 232 g/mol. The van der Waals surface area contributed by atoms with Crippen LogP contribution in [0.1, 0.15) is 5.69 Å². The predicted molar refractivity (Wildman–Crippen MR) is 60.2 cm³/mol. The van der Waals surface area contributed by atoms with Gasteiger partial charge in [-0.2, -0.15) is 0 Å². The second-order valence-electron chi connectivity index (χ2n) is 3.15. The van der Waals surface area contributed by atoms with Gasteiger partial charge >= 0.3 is 0 Å². The van der Waals surface area contributed by atoms with Crippen LogP contribution in [0.4, 0.5) is 5.13 Å². The molecule has 3 rings (SSSR count). The van der Waals surface area contributed by atoms with Crippen LogP contribution in [0.3, 0.4) is 0 Å². The van der Waals surface area contributed by atoms with Crippen molar-refractivity contribution in [3.05, 3.63) is 36.0 Å². The second-order valence-corrected chi connectivity index (χ2v) is 3.98. The summed E-state index contributed by atoms with van der Waals surface area (Å²) in [6, 6.07) is 0. The van der Waals surface area contributed by atoms with Crippen molar-refractivity contribution in [2.45, 2.75) is 6.54 Å². The van der Waals surface area contributed by atoms with E-state index in [2.05, 4.69) is 25.5 Å². The fourth-order valence-electron chi connectivity index (χ4n) is 1.44. The fraction of sp³-hybridized carbons (Fsp3) is 0.111. The topological polar surface area (TPSA) is 68.0 Å². The highest BCUT2D eigenvalue weighted by Gasteiger charge is 2.03. The molecule has 6 nitrogen and oxygen atoms in total. The van der Waals surface area contributed by atoms with E-state index in [-0.39, 0.29) is 0 Å². The van der Waals surface area contributed by atoms with Gasteiger partial charge in [0.05, 0.1) is 24.6 Å². The van der Waals surface area contributed by atoms with Gasteiger partial charge < -0.3 is 5.32 Å². The maximum absolute atomic E-state index is 4.25. The minimum atomic E-state index is 0.667. The summed E-state index contributed by atoms with van der Waals surface area (Å²) in [5, 5.41) is 11.7. The number of fused-ring (bicyclic) bond motifs is 1. The maximum Gasteiger partial charge on any atom is 0.205 e. The van der Waals surface area contributed by atoms with E-state index in [0.717, 1.165) is 16.5 Å². The molecule has 0 aliphatic rings. The molecule has 0 amide bonds. The molecule has 1 N–H and O–H groups in total. The van der Waals surface area contributed by atoms with Gasteiger partial charge in [-0.15, -0.1) is 10.2 Å². The molecule has 0 spiro atoms. The average molecular weight is 232 g/mol. The minimum Gasteiger partial charge on any atom is -0.354 e. The van der Waals surface area contributed by atoms with Crippen LogP contribution in [0, 0.1) is 0 Å². The molecule has 0 bridgehead atoms. The van der Waals surface area contributed by atoms with Gasteiger partial charge in [0.2, 0.25) is 5.13 Å². The Hall–Kier alpha value is -2.02. The van der Waals surface area contributed by atoms with E-state index in [1.807, 2.05) is 16.8 Å². The average Bonchev–Trinajstić information content (AvgIpc) is 2.96. The zero-order chi connectivity index (χ0) is 10.8. The molecule has 3 heterocycles. The van der Waals surface area contributed by atoms with Crippen molar-refractivity contribution in [1.29, 1.82) is 0 Å². The molecular formula is C9H8N6S. The Labute approximate surface area is 95.0 Å². The first-order chi connectivity index (χ1) is 7.93. The van der Waals surface area contributed by atoms with Gasteiger partial charge in [0.15, 0.2) is 5.65 Å². The van der Waals surface area contributed by atoms with Gasteiger partial charge in [-0.3, -0.25) is 9.38 Å². The van der Waals surface area contributed by atoms with E-state index in [1.165, 1.54) is 11.3 Å². The lowest BCUT2D eigenvalue weighted by Gasteiger charge is -2.01. The number of anilines is 1. The number of imidazole rings is 1. The van der Waals surface area contributed by atoms with E-state index in [9.17, 15) is 0 Å². The Balaban J connectivity index is 1.84. The Morgan fingerprint density at radius 3 is 3.25 bits per heavy atom. The summed E-state index contributed by atoms with van der Waals surface area (Å²) in [6.07, 6.45) is 7.18. The summed E-state index contributed by atoms with van der Waals surface area (Å²) >= 11 is 1.47. The van der Waals surface area contributed by atoms with E-state index < -0.39 is 0 Å². The van der Waals surface area contributed by atoms with Crippen LogP contribution in [0.15, 0.2) is 30.3 Å². The van der Waals surface area contributed by atoms with Crippen LogP contribution in [0.25, 0.3) is 5.65 Å². The highest BCUT2D eigenvalue weighted by atomic mass is 32.1. The maximum atomic E-state index is 4.25. The number of hydrogen-bond donors (Lipinski definition) is 1. The minimum absolute atomic E-state index is 0.667. The van der Waals surface area contributed by atoms with Crippen molar-refractivity contribution in [2.24, 2.45) is 0 Å². The molecule has 0 radical (unpaired) electrons.